The van der Waals surface area contributed by atoms with Crippen LogP contribution in [0.2, 0.25) is 0 Å². The van der Waals surface area contributed by atoms with Gasteiger partial charge >= 0.3 is 0 Å². The molecule has 0 saturated heterocycles. The van der Waals surface area contributed by atoms with Gasteiger partial charge in [0.1, 0.15) is 30.0 Å². The number of hydrogen-bond donors (Lipinski definition) is 1. The third kappa shape index (κ3) is 4.75. The molecule has 162 valence electrons. The normalized spacial score (nSPS) is 10.6. The van der Waals surface area contributed by atoms with Crippen molar-refractivity contribution in [1.29, 1.82) is 0 Å². The monoisotopic (exact) mass is 429 g/mol. The van der Waals surface area contributed by atoms with Gasteiger partial charge in [-0.1, -0.05) is 18.2 Å². The van der Waals surface area contributed by atoms with Gasteiger partial charge in [0.05, 0.1) is 19.2 Å². The van der Waals surface area contributed by atoms with Crippen molar-refractivity contribution in [1.82, 2.24) is 19.5 Å². The number of imidazole rings is 1. The van der Waals surface area contributed by atoms with E-state index >= 15 is 0 Å². The number of rotatable bonds is 7. The van der Waals surface area contributed by atoms with Gasteiger partial charge in [0.2, 0.25) is 11.8 Å². The van der Waals surface area contributed by atoms with Gasteiger partial charge in [0, 0.05) is 23.0 Å². The van der Waals surface area contributed by atoms with Crippen LogP contribution in [0.25, 0.3) is 5.82 Å². The van der Waals surface area contributed by atoms with E-state index in [0.717, 1.165) is 17.0 Å². The first-order valence-corrected chi connectivity index (χ1v) is 10.1. The predicted molar refractivity (Wildman–Crippen MR) is 120 cm³/mol. The minimum Gasteiger partial charge on any atom is -0.496 e. The average molecular weight is 429 g/mol. The fraction of sp³-hybridized carbons (Fsp3) is 0.167. The highest BCUT2D eigenvalue weighted by atomic mass is 16.5. The molecule has 0 radical (unpaired) electrons. The number of aromatic nitrogens is 4. The Morgan fingerprint density at radius 2 is 1.81 bits per heavy atom. The van der Waals surface area contributed by atoms with Crippen LogP contribution in [0.1, 0.15) is 17.0 Å². The highest BCUT2D eigenvalue weighted by Crippen LogP contribution is 2.24. The Kier molecular flexibility index (Phi) is 6.12. The lowest BCUT2D eigenvalue weighted by Gasteiger charge is -2.10. The second kappa shape index (κ2) is 9.30. The van der Waals surface area contributed by atoms with Crippen LogP contribution in [0.4, 0.5) is 5.69 Å². The van der Waals surface area contributed by atoms with Crippen molar-refractivity contribution in [3.05, 3.63) is 84.2 Å². The lowest BCUT2D eigenvalue weighted by molar-refractivity contribution is -0.115. The van der Waals surface area contributed by atoms with Gasteiger partial charge in [-0.3, -0.25) is 9.36 Å². The van der Waals surface area contributed by atoms with Gasteiger partial charge in [0.15, 0.2) is 0 Å². The Hall–Kier alpha value is -4.20. The summed E-state index contributed by atoms with van der Waals surface area (Å²) in [7, 11) is 1.59. The SMILES string of the molecule is COc1ccccc1CC(=O)Nc1ccc(Oc2cc(-n3cnc(C)c3C)ncn2)cc1. The quantitative estimate of drug-likeness (QED) is 0.472. The lowest BCUT2D eigenvalue weighted by atomic mass is 10.1. The van der Waals surface area contributed by atoms with Crippen LogP contribution >= 0.6 is 0 Å². The van der Waals surface area contributed by atoms with Gasteiger partial charge in [-0.05, 0) is 44.2 Å². The summed E-state index contributed by atoms with van der Waals surface area (Å²) in [6, 6.07) is 16.3. The predicted octanol–water partition coefficient (Wildman–Crippen LogP) is 4.26. The average Bonchev–Trinajstić information content (AvgIpc) is 3.14. The molecule has 0 bridgehead atoms. The molecule has 0 aliphatic heterocycles. The molecular weight excluding hydrogens is 406 g/mol. The van der Waals surface area contributed by atoms with Crippen LogP contribution in [0.15, 0.2) is 67.3 Å². The fourth-order valence-corrected chi connectivity index (χ4v) is 3.20. The highest BCUT2D eigenvalue weighted by Gasteiger charge is 2.10. The zero-order valence-electron chi connectivity index (χ0n) is 18.1. The molecule has 0 aliphatic carbocycles. The molecule has 32 heavy (non-hydrogen) atoms. The summed E-state index contributed by atoms with van der Waals surface area (Å²) in [6.45, 7) is 3.92. The maximum Gasteiger partial charge on any atom is 0.228 e. The maximum absolute atomic E-state index is 12.4. The molecule has 4 aromatic rings. The molecule has 0 atom stereocenters. The molecule has 0 spiro atoms. The van der Waals surface area contributed by atoms with Crippen molar-refractivity contribution in [3.8, 4) is 23.2 Å². The Morgan fingerprint density at radius 3 is 2.53 bits per heavy atom. The minimum atomic E-state index is -0.130. The van der Waals surface area contributed by atoms with E-state index in [4.69, 9.17) is 9.47 Å². The Bertz CT molecular complexity index is 1230. The summed E-state index contributed by atoms with van der Waals surface area (Å²) in [4.78, 5) is 25.2. The number of nitrogens with one attached hydrogen (secondary N) is 1. The van der Waals surface area contributed by atoms with Gasteiger partial charge in [-0.25, -0.2) is 15.0 Å². The molecule has 0 unspecified atom stereocenters. The van der Waals surface area contributed by atoms with Crippen molar-refractivity contribution in [2.45, 2.75) is 20.3 Å². The van der Waals surface area contributed by atoms with Crippen LogP contribution < -0.4 is 14.8 Å². The van der Waals surface area contributed by atoms with Crippen LogP contribution in [-0.4, -0.2) is 32.5 Å². The lowest BCUT2D eigenvalue weighted by Crippen LogP contribution is -2.14. The molecule has 4 rings (SSSR count). The Morgan fingerprint density at radius 1 is 1.03 bits per heavy atom. The van der Waals surface area contributed by atoms with E-state index in [1.165, 1.54) is 6.33 Å². The molecule has 0 fully saturated rings. The van der Waals surface area contributed by atoms with Gasteiger partial charge in [0.25, 0.3) is 0 Å². The number of ether oxygens (including phenoxy) is 2. The number of carbonyl (C=O) groups is 1. The molecule has 8 heteroatoms. The molecule has 2 aromatic carbocycles. The topological polar surface area (TPSA) is 91.2 Å². The number of carbonyl (C=O) groups excluding carboxylic acids is 1. The number of aryl methyl sites for hydroxylation is 1. The largest absolute Gasteiger partial charge is 0.496 e. The van der Waals surface area contributed by atoms with E-state index in [0.29, 0.717) is 28.9 Å². The molecule has 1 amide bonds. The molecular formula is C24H23N5O3. The van der Waals surface area contributed by atoms with Crippen LogP contribution in [0.5, 0.6) is 17.4 Å². The molecule has 0 saturated carbocycles. The van der Waals surface area contributed by atoms with E-state index in [9.17, 15) is 4.79 Å². The van der Waals surface area contributed by atoms with Crippen LogP contribution in [0, 0.1) is 13.8 Å². The highest BCUT2D eigenvalue weighted by molar-refractivity contribution is 5.92. The first kappa shape index (κ1) is 21.0. The first-order chi connectivity index (χ1) is 15.5. The zero-order chi connectivity index (χ0) is 22.5. The third-order valence-corrected chi connectivity index (χ3v) is 5.03. The number of methoxy groups -OCH3 is 1. The van der Waals surface area contributed by atoms with Crippen molar-refractivity contribution >= 4 is 11.6 Å². The number of hydrogen-bond acceptors (Lipinski definition) is 6. The van der Waals surface area contributed by atoms with Crippen molar-refractivity contribution < 1.29 is 14.3 Å². The maximum atomic E-state index is 12.4. The van der Waals surface area contributed by atoms with Crippen LogP contribution in [0.3, 0.4) is 0 Å². The summed E-state index contributed by atoms with van der Waals surface area (Å²) in [5.74, 6) is 2.24. The molecule has 1 N–H and O–H groups in total. The molecule has 2 heterocycles. The Balaban J connectivity index is 1.40. The van der Waals surface area contributed by atoms with Crippen molar-refractivity contribution in [3.63, 3.8) is 0 Å². The second-order valence-electron chi connectivity index (χ2n) is 7.16. The van der Waals surface area contributed by atoms with E-state index in [1.807, 2.05) is 42.7 Å². The fourth-order valence-electron chi connectivity index (χ4n) is 3.20. The summed E-state index contributed by atoms with van der Waals surface area (Å²) >= 11 is 0. The summed E-state index contributed by atoms with van der Waals surface area (Å²) in [5, 5.41) is 2.89. The van der Waals surface area contributed by atoms with Crippen molar-refractivity contribution in [2.24, 2.45) is 0 Å². The summed E-state index contributed by atoms with van der Waals surface area (Å²) < 4.78 is 13.0. The second-order valence-corrected chi connectivity index (χ2v) is 7.16. The summed E-state index contributed by atoms with van der Waals surface area (Å²) in [6.07, 6.45) is 3.39. The number of anilines is 1. The van der Waals surface area contributed by atoms with E-state index < -0.39 is 0 Å². The first-order valence-electron chi connectivity index (χ1n) is 10.1. The standard InChI is InChI=1S/C24H23N5O3/c1-16-17(2)29(15-27-16)22-13-24(26-14-25-22)32-20-10-8-19(9-11-20)28-23(30)12-18-6-4-5-7-21(18)31-3/h4-11,13-15H,12H2,1-3H3,(H,28,30). The summed E-state index contributed by atoms with van der Waals surface area (Å²) in [5.41, 5.74) is 3.44. The number of para-hydroxylation sites is 1. The zero-order valence-corrected chi connectivity index (χ0v) is 18.1. The minimum absolute atomic E-state index is 0.130. The third-order valence-electron chi connectivity index (χ3n) is 5.03. The van der Waals surface area contributed by atoms with Crippen molar-refractivity contribution in [2.75, 3.05) is 12.4 Å². The van der Waals surface area contributed by atoms with Gasteiger partial charge in [-0.2, -0.15) is 0 Å². The number of nitrogens with zero attached hydrogens (tertiary/aromatic N) is 4. The molecule has 0 aliphatic rings. The van der Waals surface area contributed by atoms with E-state index in [2.05, 4.69) is 20.3 Å². The van der Waals surface area contributed by atoms with E-state index in [-0.39, 0.29) is 12.3 Å². The van der Waals surface area contributed by atoms with E-state index in [1.54, 1.807) is 43.8 Å². The smallest absolute Gasteiger partial charge is 0.228 e. The molecule has 8 nitrogen and oxygen atoms in total. The Labute approximate surface area is 185 Å². The number of benzene rings is 2. The molecule has 2 aromatic heterocycles. The van der Waals surface area contributed by atoms with Gasteiger partial charge in [-0.15, -0.1) is 0 Å². The van der Waals surface area contributed by atoms with Crippen LogP contribution in [-0.2, 0) is 11.2 Å². The number of amides is 1. The van der Waals surface area contributed by atoms with Gasteiger partial charge < -0.3 is 14.8 Å².